The molecule has 212 valence electrons. The summed E-state index contributed by atoms with van der Waals surface area (Å²) in [6.07, 6.45) is 3.36. The second kappa shape index (κ2) is 9.78. The van der Waals surface area contributed by atoms with Crippen LogP contribution in [0.15, 0.2) is 39.9 Å². The van der Waals surface area contributed by atoms with Crippen LogP contribution in [0, 0.1) is 5.82 Å². The molecule has 1 aromatic carbocycles. The van der Waals surface area contributed by atoms with Gasteiger partial charge in [-0.05, 0) is 44.4 Å². The maximum Gasteiger partial charge on any atom is 0.324 e. The van der Waals surface area contributed by atoms with Gasteiger partial charge in [0.2, 0.25) is 17.6 Å². The molecule has 3 aromatic rings. The van der Waals surface area contributed by atoms with E-state index in [2.05, 4.69) is 15.1 Å². The van der Waals surface area contributed by atoms with E-state index in [4.69, 9.17) is 19.7 Å². The molecule has 1 spiro atoms. The van der Waals surface area contributed by atoms with Gasteiger partial charge in [-0.15, -0.1) is 0 Å². The Kier molecular flexibility index (Phi) is 6.50. The number of hydrogen-bond donors (Lipinski definition) is 1. The lowest BCUT2D eigenvalue weighted by Crippen LogP contribution is -2.45. The predicted molar refractivity (Wildman–Crippen MR) is 141 cm³/mol. The summed E-state index contributed by atoms with van der Waals surface area (Å²) >= 11 is 0. The maximum absolute atomic E-state index is 15.4. The van der Waals surface area contributed by atoms with Crippen LogP contribution in [0.5, 0.6) is 5.88 Å². The standard InChI is InChI=1S/C26H29FN6O6S/c1-15(2)38-22-4-3-16(11-29-22)12-33-20-9-17(18(27)10-21(20)40(35,36)13-19(28)24(33)34)23-30-25(39-31-23)32-7-8-37-26(14-32)5-6-26/h3-4,9-11,15,19H,5-8,12-14,28H2,1-2H3/t19-/m0/s1. The minimum atomic E-state index is -4.09. The second-order valence-corrected chi connectivity index (χ2v) is 12.6. The zero-order valence-corrected chi connectivity index (χ0v) is 22.9. The number of nitrogens with zero attached hydrogens (tertiary/aromatic N) is 5. The summed E-state index contributed by atoms with van der Waals surface area (Å²) in [5.74, 6) is -1.81. The Hall–Kier alpha value is -3.62. The lowest BCUT2D eigenvalue weighted by Gasteiger charge is -2.31. The average molecular weight is 573 g/mol. The number of halogens is 1. The average Bonchev–Trinajstić information content (AvgIpc) is 3.47. The van der Waals surface area contributed by atoms with Gasteiger partial charge in [0.05, 0.1) is 59.3 Å². The fourth-order valence-corrected chi connectivity index (χ4v) is 6.52. The van der Waals surface area contributed by atoms with Crippen LogP contribution in [0.2, 0.25) is 0 Å². The number of amides is 1. The highest BCUT2D eigenvalue weighted by Gasteiger charge is 2.48. The molecule has 0 radical (unpaired) electrons. The Morgan fingerprint density at radius 2 is 2.08 bits per heavy atom. The first-order valence-electron chi connectivity index (χ1n) is 13.0. The summed E-state index contributed by atoms with van der Waals surface area (Å²) in [7, 11) is -4.09. The first kappa shape index (κ1) is 26.6. The number of sulfone groups is 1. The molecule has 0 unspecified atom stereocenters. The summed E-state index contributed by atoms with van der Waals surface area (Å²) in [5.41, 5.74) is 6.28. The van der Waals surface area contributed by atoms with Crippen molar-refractivity contribution in [3.8, 4) is 17.3 Å². The lowest BCUT2D eigenvalue weighted by atomic mass is 10.1. The number of aromatic nitrogens is 3. The number of anilines is 2. The number of pyridine rings is 1. The highest BCUT2D eigenvalue weighted by molar-refractivity contribution is 7.91. The quantitative estimate of drug-likeness (QED) is 0.462. The van der Waals surface area contributed by atoms with E-state index in [1.807, 2.05) is 18.7 Å². The van der Waals surface area contributed by atoms with E-state index >= 15 is 4.39 Å². The number of morpholine rings is 1. The van der Waals surface area contributed by atoms with Crippen molar-refractivity contribution in [1.29, 1.82) is 0 Å². The van der Waals surface area contributed by atoms with Crippen LogP contribution in [0.4, 0.5) is 16.1 Å². The van der Waals surface area contributed by atoms with Crippen LogP contribution < -0.4 is 20.3 Å². The fourth-order valence-electron chi connectivity index (χ4n) is 4.96. The molecule has 1 atom stereocenters. The van der Waals surface area contributed by atoms with Crippen LogP contribution in [0.1, 0.15) is 32.3 Å². The molecule has 2 N–H and O–H groups in total. The van der Waals surface area contributed by atoms with Gasteiger partial charge in [-0.3, -0.25) is 4.79 Å². The molecule has 12 nitrogen and oxygen atoms in total. The first-order chi connectivity index (χ1) is 19.0. The molecule has 1 saturated heterocycles. The van der Waals surface area contributed by atoms with Crippen LogP contribution in [-0.2, 0) is 25.9 Å². The van der Waals surface area contributed by atoms with Gasteiger partial charge < -0.3 is 29.5 Å². The van der Waals surface area contributed by atoms with Gasteiger partial charge in [-0.25, -0.2) is 17.8 Å². The molecule has 2 aromatic heterocycles. The number of benzene rings is 1. The van der Waals surface area contributed by atoms with Crippen molar-refractivity contribution in [1.82, 2.24) is 15.1 Å². The Balaban J connectivity index is 1.37. The number of ether oxygens (including phenoxy) is 2. The number of fused-ring (bicyclic) bond motifs is 1. The van der Waals surface area contributed by atoms with Gasteiger partial charge in [0.15, 0.2) is 9.84 Å². The van der Waals surface area contributed by atoms with Crippen molar-refractivity contribution in [2.45, 2.75) is 55.9 Å². The Morgan fingerprint density at radius 3 is 2.77 bits per heavy atom. The summed E-state index contributed by atoms with van der Waals surface area (Å²) in [4.78, 5) is 24.8. The number of carbonyl (C=O) groups excluding carboxylic acids is 1. The third-order valence-electron chi connectivity index (χ3n) is 7.13. The molecule has 1 saturated carbocycles. The molecule has 0 bridgehead atoms. The largest absolute Gasteiger partial charge is 0.475 e. The molecule has 2 fully saturated rings. The van der Waals surface area contributed by atoms with Crippen molar-refractivity contribution in [3.63, 3.8) is 0 Å². The minimum absolute atomic E-state index is 0.0217. The van der Waals surface area contributed by atoms with Gasteiger partial charge in [0.1, 0.15) is 5.82 Å². The van der Waals surface area contributed by atoms with Gasteiger partial charge in [-0.1, -0.05) is 11.2 Å². The Labute approximate surface area is 230 Å². The van der Waals surface area contributed by atoms with E-state index in [1.165, 1.54) is 17.2 Å². The molecule has 6 rings (SSSR count). The molecule has 1 aliphatic carbocycles. The van der Waals surface area contributed by atoms with Crippen LogP contribution >= 0.6 is 0 Å². The molecule has 2 aliphatic heterocycles. The molecule has 4 heterocycles. The molecular weight excluding hydrogens is 543 g/mol. The monoisotopic (exact) mass is 572 g/mol. The minimum Gasteiger partial charge on any atom is -0.475 e. The number of hydrogen-bond acceptors (Lipinski definition) is 11. The smallest absolute Gasteiger partial charge is 0.324 e. The molecule has 14 heteroatoms. The third-order valence-corrected chi connectivity index (χ3v) is 8.93. The molecule has 40 heavy (non-hydrogen) atoms. The Bertz CT molecular complexity index is 1560. The van der Waals surface area contributed by atoms with E-state index in [0.29, 0.717) is 31.1 Å². The lowest BCUT2D eigenvalue weighted by molar-refractivity contribution is -0.119. The summed E-state index contributed by atoms with van der Waals surface area (Å²) in [6, 6.07) is 4.40. The molecule has 1 amide bonds. The summed E-state index contributed by atoms with van der Waals surface area (Å²) in [6.45, 7) is 5.34. The predicted octanol–water partition coefficient (Wildman–Crippen LogP) is 2.07. The van der Waals surface area contributed by atoms with E-state index in [-0.39, 0.29) is 46.2 Å². The van der Waals surface area contributed by atoms with Gasteiger partial charge >= 0.3 is 6.01 Å². The van der Waals surface area contributed by atoms with Gasteiger partial charge in [-0.2, -0.15) is 4.98 Å². The van der Waals surface area contributed by atoms with Crippen LogP contribution in [-0.4, -0.2) is 72.6 Å². The van der Waals surface area contributed by atoms with Crippen molar-refractivity contribution in [2.75, 3.05) is 35.2 Å². The topological polar surface area (TPSA) is 154 Å². The van der Waals surface area contributed by atoms with Gasteiger partial charge in [0.25, 0.3) is 0 Å². The van der Waals surface area contributed by atoms with Crippen LogP contribution in [0.3, 0.4) is 0 Å². The number of carbonyl (C=O) groups is 1. The Morgan fingerprint density at radius 1 is 1.27 bits per heavy atom. The zero-order chi connectivity index (χ0) is 28.2. The van der Waals surface area contributed by atoms with Crippen molar-refractivity contribution < 1.29 is 31.6 Å². The molecular formula is C26H29FN6O6S. The molecule has 3 aliphatic rings. The van der Waals surface area contributed by atoms with E-state index in [9.17, 15) is 13.2 Å². The maximum atomic E-state index is 15.4. The zero-order valence-electron chi connectivity index (χ0n) is 22.0. The number of rotatable bonds is 6. The van der Waals surface area contributed by atoms with E-state index < -0.39 is 33.4 Å². The highest BCUT2D eigenvalue weighted by atomic mass is 32.2. The van der Waals surface area contributed by atoms with E-state index in [0.717, 1.165) is 18.9 Å². The second-order valence-electron chi connectivity index (χ2n) is 10.6. The van der Waals surface area contributed by atoms with Crippen LogP contribution in [0.25, 0.3) is 11.4 Å². The summed E-state index contributed by atoms with van der Waals surface area (Å²) < 4.78 is 58.6. The van der Waals surface area contributed by atoms with Gasteiger partial charge in [0, 0.05) is 18.8 Å². The van der Waals surface area contributed by atoms with Crippen molar-refractivity contribution >= 4 is 27.4 Å². The SMILES string of the molecule is CC(C)Oc1ccc(CN2C(=O)[C@@H](N)CS(=O)(=O)c3cc(F)c(-c4noc(N5CCOC6(CC6)C5)n4)cc32)cn1. The van der Waals surface area contributed by atoms with Crippen molar-refractivity contribution in [3.05, 3.63) is 41.8 Å². The number of nitrogens with two attached hydrogens (primary N) is 1. The third kappa shape index (κ3) is 5.02. The van der Waals surface area contributed by atoms with Crippen molar-refractivity contribution in [2.24, 2.45) is 5.73 Å². The summed E-state index contributed by atoms with van der Waals surface area (Å²) in [5, 5.41) is 3.97. The fraction of sp³-hybridized carbons (Fsp3) is 0.462. The first-order valence-corrected chi connectivity index (χ1v) is 14.7. The van der Waals surface area contributed by atoms with E-state index in [1.54, 1.807) is 12.1 Å². The highest BCUT2D eigenvalue weighted by Crippen LogP contribution is 2.43. The normalized spacial score (nSPS) is 21.4.